The molecular formula is C76H104. The molecule has 0 aromatic heterocycles. The lowest BCUT2D eigenvalue weighted by Gasteiger charge is -2.39. The summed E-state index contributed by atoms with van der Waals surface area (Å²) < 4.78 is 0. The van der Waals surface area contributed by atoms with Gasteiger partial charge in [0.15, 0.2) is 0 Å². The molecule has 76 heavy (non-hydrogen) atoms. The van der Waals surface area contributed by atoms with Gasteiger partial charge in [-0.25, -0.2) is 0 Å². The Morgan fingerprint density at radius 2 is 0.395 bits per heavy atom. The highest BCUT2D eigenvalue weighted by Gasteiger charge is 2.40. The van der Waals surface area contributed by atoms with Gasteiger partial charge in [0.1, 0.15) is 0 Å². The molecule has 6 aromatic rings. The third-order valence-corrected chi connectivity index (χ3v) is 17.2. The first-order valence-corrected chi connectivity index (χ1v) is 32.2. The van der Waals surface area contributed by atoms with Crippen molar-refractivity contribution in [3.63, 3.8) is 0 Å². The molecule has 0 unspecified atom stereocenters. The Kier molecular flexibility index (Phi) is 22.8. The molecule has 408 valence electrons. The summed E-state index contributed by atoms with van der Waals surface area (Å²) in [6, 6.07) is 30.7. The molecule has 0 amide bonds. The van der Waals surface area contributed by atoms with Gasteiger partial charge in [-0.1, -0.05) is 233 Å². The molecule has 0 atom stereocenters. The van der Waals surface area contributed by atoms with E-state index in [0.29, 0.717) is 0 Å². The van der Waals surface area contributed by atoms with Crippen LogP contribution in [0.4, 0.5) is 0 Å². The fourth-order valence-corrected chi connectivity index (χ4v) is 13.8. The minimum absolute atomic E-state index is 1.08. The van der Waals surface area contributed by atoms with Crippen LogP contribution in [0.2, 0.25) is 0 Å². The predicted octanol–water partition coefficient (Wildman–Crippen LogP) is 23.0. The van der Waals surface area contributed by atoms with Crippen molar-refractivity contribution < 1.29 is 0 Å². The van der Waals surface area contributed by atoms with Crippen LogP contribution in [0, 0.1) is 0 Å². The first-order chi connectivity index (χ1) is 37.3. The highest BCUT2D eigenvalue weighted by atomic mass is 14.4. The number of unbranched alkanes of at least 4 members (excludes halogenated alkanes) is 4. The summed E-state index contributed by atoms with van der Waals surface area (Å²) in [5, 5.41) is 0. The molecule has 0 radical (unpaired) electrons. The molecule has 0 bridgehead atoms. The average Bonchev–Trinajstić information content (AvgIpc) is 3.59. The van der Waals surface area contributed by atoms with Gasteiger partial charge in [-0.15, -0.1) is 0 Å². The molecule has 0 aliphatic heterocycles. The maximum absolute atomic E-state index is 2.65. The van der Waals surface area contributed by atoms with Crippen molar-refractivity contribution in [2.24, 2.45) is 0 Å². The Morgan fingerprint density at radius 3 is 0.605 bits per heavy atom. The van der Waals surface area contributed by atoms with Crippen molar-refractivity contribution in [2.45, 2.75) is 263 Å². The Morgan fingerprint density at radius 1 is 0.184 bits per heavy atom. The largest absolute Gasteiger partial charge is 0.0654 e. The topological polar surface area (TPSA) is 0 Å². The van der Waals surface area contributed by atoms with Crippen LogP contribution in [-0.2, 0) is 77.0 Å². The summed E-state index contributed by atoms with van der Waals surface area (Å²) in [5.74, 6) is 0. The number of benzene rings is 6. The van der Waals surface area contributed by atoms with Crippen LogP contribution in [0.1, 0.15) is 253 Å². The van der Waals surface area contributed by atoms with Gasteiger partial charge in [0.05, 0.1) is 0 Å². The Bertz CT molecular complexity index is 2650. The normalized spacial score (nSPS) is 11.8. The SMILES string of the molecule is CCCCc1ccc(CCC)c(-c2c3c(c(-c4c(CCC)ccc(CCCC)c4CCC)c(-c4c(CCC)ccc(CCCC)c4CCC)c2-c2c(CCC)ccc(CCCC)c2CCC)-c2ccccc2-3)c1CCC. The third kappa shape index (κ3) is 12.3. The lowest BCUT2D eigenvalue weighted by Crippen LogP contribution is -2.15. The van der Waals surface area contributed by atoms with E-state index in [0.717, 1.165) is 128 Å². The summed E-state index contributed by atoms with van der Waals surface area (Å²) in [5.41, 5.74) is 38.1. The number of hydrogen-bond acceptors (Lipinski definition) is 0. The van der Waals surface area contributed by atoms with Crippen LogP contribution in [-0.4, -0.2) is 0 Å². The maximum atomic E-state index is 2.65. The second-order valence-corrected chi connectivity index (χ2v) is 23.2. The van der Waals surface area contributed by atoms with Crippen LogP contribution < -0.4 is 0 Å². The molecule has 0 heteroatoms. The fourth-order valence-electron chi connectivity index (χ4n) is 13.8. The van der Waals surface area contributed by atoms with Crippen LogP contribution >= 0.6 is 0 Å². The second-order valence-electron chi connectivity index (χ2n) is 23.2. The zero-order valence-corrected chi connectivity index (χ0v) is 50.7. The van der Waals surface area contributed by atoms with Crippen molar-refractivity contribution in [1.82, 2.24) is 0 Å². The zero-order chi connectivity index (χ0) is 54.1. The molecule has 1 aliphatic carbocycles. The highest BCUT2D eigenvalue weighted by Crippen LogP contribution is 2.65. The molecule has 0 N–H and O–H groups in total. The van der Waals surface area contributed by atoms with Gasteiger partial charge in [0, 0.05) is 0 Å². The van der Waals surface area contributed by atoms with Gasteiger partial charge in [0.2, 0.25) is 0 Å². The predicted molar refractivity (Wildman–Crippen MR) is 339 cm³/mol. The van der Waals surface area contributed by atoms with Crippen molar-refractivity contribution in [2.75, 3.05) is 0 Å². The second kappa shape index (κ2) is 29.3. The molecule has 0 fully saturated rings. The Labute approximate surface area is 466 Å². The van der Waals surface area contributed by atoms with Gasteiger partial charge < -0.3 is 0 Å². The van der Waals surface area contributed by atoms with E-state index in [2.05, 4.69) is 156 Å². The molecule has 1 aliphatic rings. The maximum Gasteiger partial charge on any atom is -0.000719 e. The summed E-state index contributed by atoms with van der Waals surface area (Å²) >= 11 is 0. The van der Waals surface area contributed by atoms with Crippen LogP contribution in [0.5, 0.6) is 0 Å². The summed E-state index contributed by atoms with van der Waals surface area (Å²) in [6.45, 7) is 29.1. The standard InChI is InChI=1S/C76H104/c1-13-25-39-53-45-49-57(31-17-5)67(61(53)35-21-9)73-71-65-43-29-30-44-66(65)72(71)74(68-58(32-18-6)50-46-54(40-26-14-2)62(68)36-22-10)76(70-60(34-20-8)52-48-56(42-28-16-4)64(70)38-24-12)75(73)69-59(33-19-7)51-47-55(41-27-15-3)63(69)37-23-11/h29-30,43-52H,13-28,31-42H2,1-12H3. The quantitative estimate of drug-likeness (QED) is 0.0394. The number of hydrogen-bond donors (Lipinski definition) is 0. The van der Waals surface area contributed by atoms with Gasteiger partial charge in [-0.3, -0.25) is 0 Å². The monoisotopic (exact) mass is 1020 g/mol. The lowest BCUT2D eigenvalue weighted by atomic mass is 9.64. The van der Waals surface area contributed by atoms with Crippen molar-refractivity contribution in [3.8, 4) is 66.8 Å². The van der Waals surface area contributed by atoms with Gasteiger partial charge in [0.25, 0.3) is 0 Å². The Balaban J connectivity index is 1.99. The third-order valence-electron chi connectivity index (χ3n) is 17.2. The van der Waals surface area contributed by atoms with E-state index < -0.39 is 0 Å². The van der Waals surface area contributed by atoms with E-state index in [1.54, 1.807) is 122 Å². The molecule has 0 spiro atoms. The van der Waals surface area contributed by atoms with Gasteiger partial charge in [-0.2, -0.15) is 0 Å². The highest BCUT2D eigenvalue weighted by molar-refractivity contribution is 6.23. The van der Waals surface area contributed by atoms with Crippen molar-refractivity contribution in [1.29, 1.82) is 0 Å². The van der Waals surface area contributed by atoms with Gasteiger partial charge >= 0.3 is 0 Å². The number of rotatable bonds is 32. The molecule has 0 heterocycles. The average molecular weight is 1020 g/mol. The first-order valence-electron chi connectivity index (χ1n) is 32.2. The zero-order valence-electron chi connectivity index (χ0n) is 50.7. The molecule has 0 saturated heterocycles. The minimum Gasteiger partial charge on any atom is -0.0654 e. The summed E-state index contributed by atoms with van der Waals surface area (Å²) in [4.78, 5) is 0. The molecule has 7 rings (SSSR count). The van der Waals surface area contributed by atoms with E-state index in [4.69, 9.17) is 0 Å². The van der Waals surface area contributed by atoms with E-state index in [-0.39, 0.29) is 0 Å². The lowest BCUT2D eigenvalue weighted by molar-refractivity contribution is 0.778. The minimum atomic E-state index is 1.08. The van der Waals surface area contributed by atoms with Crippen molar-refractivity contribution >= 4 is 0 Å². The van der Waals surface area contributed by atoms with Gasteiger partial charge in [-0.05, 0) is 236 Å². The molecule has 6 aromatic carbocycles. The Hall–Kier alpha value is -4.68. The number of fused-ring (bicyclic) bond motifs is 4. The van der Waals surface area contributed by atoms with E-state index in [1.165, 1.54) is 62.5 Å². The molecule has 0 nitrogen and oxygen atoms in total. The van der Waals surface area contributed by atoms with E-state index >= 15 is 0 Å². The van der Waals surface area contributed by atoms with E-state index in [1.807, 2.05) is 0 Å². The fraction of sp³-hybridized carbons (Fsp3) is 0.526. The number of aryl methyl sites for hydroxylation is 8. The van der Waals surface area contributed by atoms with Crippen LogP contribution in [0.3, 0.4) is 0 Å². The van der Waals surface area contributed by atoms with Crippen molar-refractivity contribution in [3.05, 3.63) is 140 Å². The first kappa shape index (κ1) is 59.0. The smallest absolute Gasteiger partial charge is 0.000719 e. The molecular weight excluding hydrogens is 913 g/mol. The molecule has 0 saturated carbocycles. The van der Waals surface area contributed by atoms with E-state index in [9.17, 15) is 0 Å². The van der Waals surface area contributed by atoms with Crippen LogP contribution in [0.15, 0.2) is 72.8 Å². The summed E-state index contributed by atoms with van der Waals surface area (Å²) in [6.07, 6.45) is 32.1. The summed E-state index contributed by atoms with van der Waals surface area (Å²) in [7, 11) is 0. The van der Waals surface area contributed by atoms with Crippen LogP contribution in [0.25, 0.3) is 66.8 Å².